The lowest BCUT2D eigenvalue weighted by Crippen LogP contribution is -2.52. The molecule has 2 aromatic rings. The van der Waals surface area contributed by atoms with Crippen molar-refractivity contribution in [1.29, 1.82) is 0 Å². The Morgan fingerprint density at radius 3 is 2.54 bits per heavy atom. The Kier molecular flexibility index (Phi) is 6.46. The fourth-order valence-corrected chi connectivity index (χ4v) is 3.66. The van der Waals surface area contributed by atoms with Gasteiger partial charge in [0.15, 0.2) is 0 Å². The van der Waals surface area contributed by atoms with Crippen LogP contribution in [-0.2, 0) is 13.1 Å². The van der Waals surface area contributed by atoms with Crippen LogP contribution in [0, 0.1) is 6.92 Å². The highest BCUT2D eigenvalue weighted by Crippen LogP contribution is 2.19. The van der Waals surface area contributed by atoms with E-state index in [0.717, 1.165) is 39.1 Å². The van der Waals surface area contributed by atoms with E-state index in [1.807, 2.05) is 10.9 Å². The first-order valence-corrected chi connectivity index (χ1v) is 9.71. The summed E-state index contributed by atoms with van der Waals surface area (Å²) in [5, 5.41) is 14.0. The largest absolute Gasteiger partial charge is 0.396 e. The Balaban J connectivity index is 1.60. The van der Waals surface area contributed by atoms with Crippen molar-refractivity contribution in [3.8, 4) is 0 Å². The predicted molar refractivity (Wildman–Crippen MR) is 105 cm³/mol. The Morgan fingerprint density at radius 2 is 1.88 bits per heavy atom. The molecular weight excluding hydrogens is 324 g/mol. The molecule has 3 rings (SSSR count). The van der Waals surface area contributed by atoms with Crippen LogP contribution in [0.3, 0.4) is 0 Å². The number of nitrogens with zero attached hydrogens (tertiary/aromatic N) is 4. The van der Waals surface area contributed by atoms with Crippen LogP contribution in [0.5, 0.6) is 0 Å². The Bertz CT molecular complexity index is 680. The maximum atomic E-state index is 9.52. The second kappa shape index (κ2) is 8.80. The zero-order valence-electron chi connectivity index (χ0n) is 16.3. The van der Waals surface area contributed by atoms with Gasteiger partial charge in [0, 0.05) is 63.2 Å². The van der Waals surface area contributed by atoms with Crippen LogP contribution in [-0.4, -0.2) is 57.0 Å². The number of benzene rings is 1. The normalized spacial score (nSPS) is 19.3. The van der Waals surface area contributed by atoms with Gasteiger partial charge in [-0.15, -0.1) is 0 Å². The van der Waals surface area contributed by atoms with Crippen LogP contribution >= 0.6 is 0 Å². The van der Waals surface area contributed by atoms with E-state index in [4.69, 9.17) is 0 Å². The van der Waals surface area contributed by atoms with Crippen molar-refractivity contribution in [1.82, 2.24) is 19.6 Å². The second-order valence-corrected chi connectivity index (χ2v) is 7.78. The van der Waals surface area contributed by atoms with Crippen molar-refractivity contribution in [2.75, 3.05) is 26.2 Å². The summed E-state index contributed by atoms with van der Waals surface area (Å²) in [7, 11) is 0. The van der Waals surface area contributed by atoms with E-state index in [9.17, 15) is 5.11 Å². The summed E-state index contributed by atoms with van der Waals surface area (Å²) in [6, 6.07) is 9.60. The van der Waals surface area contributed by atoms with Crippen molar-refractivity contribution in [3.05, 3.63) is 53.3 Å². The molecule has 142 valence electrons. The molecule has 26 heavy (non-hydrogen) atoms. The average molecular weight is 357 g/mol. The number of hydrogen-bond donors (Lipinski definition) is 1. The Labute approximate surface area is 157 Å². The van der Waals surface area contributed by atoms with E-state index in [2.05, 4.69) is 66.1 Å². The second-order valence-electron chi connectivity index (χ2n) is 7.78. The van der Waals surface area contributed by atoms with Crippen LogP contribution in [0.2, 0.25) is 0 Å². The molecule has 1 unspecified atom stereocenters. The summed E-state index contributed by atoms with van der Waals surface area (Å²) in [6.07, 6.45) is 4.97. The number of aryl methyl sites for hydroxylation is 1. The van der Waals surface area contributed by atoms with E-state index < -0.39 is 0 Å². The van der Waals surface area contributed by atoms with Gasteiger partial charge >= 0.3 is 0 Å². The van der Waals surface area contributed by atoms with Crippen LogP contribution in [0.4, 0.5) is 0 Å². The van der Waals surface area contributed by atoms with Crippen LogP contribution in [0.15, 0.2) is 36.7 Å². The molecule has 0 aliphatic carbocycles. The van der Waals surface area contributed by atoms with Crippen LogP contribution in [0.25, 0.3) is 0 Å². The summed E-state index contributed by atoms with van der Waals surface area (Å²) in [5.74, 6) is 0. The highest BCUT2D eigenvalue weighted by molar-refractivity contribution is 5.21. The standard InChI is InChI=1S/C21H32N4O/c1-17(2)25-15-20(12-22-25)13-23-9-10-24(21(16-23)8-11-26)14-19-6-4-18(3)5-7-19/h4-7,12,15,17,21,26H,8-11,13-14,16H2,1-3H3. The maximum Gasteiger partial charge on any atom is 0.0534 e. The topological polar surface area (TPSA) is 44.5 Å². The number of aliphatic hydroxyl groups excluding tert-OH is 1. The molecule has 1 aromatic heterocycles. The highest BCUT2D eigenvalue weighted by atomic mass is 16.3. The summed E-state index contributed by atoms with van der Waals surface area (Å²) in [6.45, 7) is 11.7. The molecule has 5 heteroatoms. The zero-order chi connectivity index (χ0) is 18.5. The number of hydrogen-bond acceptors (Lipinski definition) is 4. The van der Waals surface area contributed by atoms with Gasteiger partial charge in [0.2, 0.25) is 0 Å². The fourth-order valence-electron chi connectivity index (χ4n) is 3.66. The summed E-state index contributed by atoms with van der Waals surface area (Å²) in [4.78, 5) is 5.02. The number of aromatic nitrogens is 2. The lowest BCUT2D eigenvalue weighted by Gasteiger charge is -2.41. The van der Waals surface area contributed by atoms with E-state index >= 15 is 0 Å². The third-order valence-electron chi connectivity index (χ3n) is 5.25. The molecule has 5 nitrogen and oxygen atoms in total. The number of rotatable bonds is 7. The minimum Gasteiger partial charge on any atom is -0.396 e. The van der Waals surface area contributed by atoms with Gasteiger partial charge in [0.1, 0.15) is 0 Å². The van der Waals surface area contributed by atoms with Gasteiger partial charge in [-0.1, -0.05) is 29.8 Å². The maximum absolute atomic E-state index is 9.52. The highest BCUT2D eigenvalue weighted by Gasteiger charge is 2.26. The first-order chi connectivity index (χ1) is 12.5. The van der Waals surface area contributed by atoms with Crippen molar-refractivity contribution >= 4 is 0 Å². The van der Waals surface area contributed by atoms with Crippen LogP contribution < -0.4 is 0 Å². The predicted octanol–water partition coefficient (Wildman–Crippen LogP) is 2.84. The molecule has 0 saturated carbocycles. The van der Waals surface area contributed by atoms with Gasteiger partial charge in [-0.05, 0) is 32.8 Å². The van der Waals surface area contributed by atoms with Crippen molar-refractivity contribution in [3.63, 3.8) is 0 Å². The summed E-state index contributed by atoms with van der Waals surface area (Å²) >= 11 is 0. The third-order valence-corrected chi connectivity index (χ3v) is 5.25. The SMILES string of the molecule is Cc1ccc(CN2CCN(Cc3cnn(C(C)C)c3)CC2CCO)cc1. The summed E-state index contributed by atoms with van der Waals surface area (Å²) < 4.78 is 2.02. The molecule has 2 heterocycles. The lowest BCUT2D eigenvalue weighted by atomic mass is 10.1. The monoisotopic (exact) mass is 356 g/mol. The minimum atomic E-state index is 0.244. The van der Waals surface area contributed by atoms with E-state index in [0.29, 0.717) is 12.1 Å². The molecule has 1 aliphatic rings. The molecule has 0 bridgehead atoms. The zero-order valence-corrected chi connectivity index (χ0v) is 16.3. The number of aliphatic hydroxyl groups is 1. The first-order valence-electron chi connectivity index (χ1n) is 9.71. The molecule has 1 saturated heterocycles. The third kappa shape index (κ3) is 4.93. The van der Waals surface area contributed by atoms with Gasteiger partial charge in [0.05, 0.1) is 6.20 Å². The molecule has 1 aliphatic heterocycles. The molecule has 1 atom stereocenters. The Morgan fingerprint density at radius 1 is 1.12 bits per heavy atom. The van der Waals surface area contributed by atoms with Crippen LogP contribution in [0.1, 0.15) is 43.0 Å². The first kappa shape index (κ1) is 19.1. The van der Waals surface area contributed by atoms with E-state index in [1.165, 1.54) is 16.7 Å². The quantitative estimate of drug-likeness (QED) is 0.829. The average Bonchev–Trinajstić information content (AvgIpc) is 3.08. The van der Waals surface area contributed by atoms with E-state index in [-0.39, 0.29) is 6.61 Å². The van der Waals surface area contributed by atoms with E-state index in [1.54, 1.807) is 0 Å². The van der Waals surface area contributed by atoms with Gasteiger partial charge < -0.3 is 5.11 Å². The molecule has 0 amide bonds. The molecule has 1 aromatic carbocycles. The van der Waals surface area contributed by atoms with Gasteiger partial charge in [-0.25, -0.2) is 0 Å². The lowest BCUT2D eigenvalue weighted by molar-refractivity contribution is 0.0499. The molecular formula is C21H32N4O. The van der Waals surface area contributed by atoms with Crippen molar-refractivity contribution < 1.29 is 5.11 Å². The minimum absolute atomic E-state index is 0.244. The number of piperazine rings is 1. The molecule has 1 N–H and O–H groups in total. The molecule has 0 spiro atoms. The Hall–Kier alpha value is -1.69. The van der Waals surface area contributed by atoms with Crippen molar-refractivity contribution in [2.45, 2.75) is 52.4 Å². The van der Waals surface area contributed by atoms with Gasteiger partial charge in [-0.3, -0.25) is 14.5 Å². The molecule has 1 fully saturated rings. The van der Waals surface area contributed by atoms with Gasteiger partial charge in [0.25, 0.3) is 0 Å². The smallest absolute Gasteiger partial charge is 0.0534 e. The fraction of sp³-hybridized carbons (Fsp3) is 0.571. The summed E-state index contributed by atoms with van der Waals surface area (Å²) in [5.41, 5.74) is 3.92. The van der Waals surface area contributed by atoms with Crippen molar-refractivity contribution in [2.24, 2.45) is 0 Å². The van der Waals surface area contributed by atoms with Gasteiger partial charge in [-0.2, -0.15) is 5.10 Å². The molecule has 0 radical (unpaired) electrons.